The summed E-state index contributed by atoms with van der Waals surface area (Å²) in [6.07, 6.45) is 4.97. The number of likely N-dealkylation sites (tertiary alicyclic amines) is 1. The maximum absolute atomic E-state index is 12.1. The highest BCUT2D eigenvalue weighted by Crippen LogP contribution is 2.33. The van der Waals surface area contributed by atoms with E-state index in [0.717, 1.165) is 56.5 Å². The Labute approximate surface area is 147 Å². The number of hydrogen-bond donors (Lipinski definition) is 0. The number of benzene rings is 1. The minimum Gasteiger partial charge on any atom is -0.497 e. The quantitative estimate of drug-likeness (QED) is 0.836. The molecule has 1 saturated heterocycles. The van der Waals surface area contributed by atoms with Crippen molar-refractivity contribution in [1.82, 2.24) is 15.0 Å². The molecule has 1 aromatic carbocycles. The van der Waals surface area contributed by atoms with Crippen LogP contribution in [0.4, 0.5) is 0 Å². The highest BCUT2D eigenvalue weighted by atomic mass is 16.5. The van der Waals surface area contributed by atoms with Gasteiger partial charge in [-0.05, 0) is 55.9 Å². The molecule has 2 aliphatic rings. The molecule has 0 unspecified atom stereocenters. The Morgan fingerprint density at radius 1 is 1.20 bits per heavy atom. The van der Waals surface area contributed by atoms with Gasteiger partial charge in [-0.25, -0.2) is 0 Å². The van der Waals surface area contributed by atoms with Crippen LogP contribution in [0.25, 0.3) is 11.4 Å². The van der Waals surface area contributed by atoms with Gasteiger partial charge in [0, 0.05) is 31.0 Å². The second-order valence-corrected chi connectivity index (χ2v) is 6.99. The Balaban J connectivity index is 1.33. The predicted octanol–water partition coefficient (Wildman–Crippen LogP) is 2.94. The van der Waals surface area contributed by atoms with Crippen molar-refractivity contribution in [2.24, 2.45) is 11.8 Å². The summed E-state index contributed by atoms with van der Waals surface area (Å²) in [6, 6.07) is 7.63. The second-order valence-electron chi connectivity index (χ2n) is 6.99. The zero-order chi connectivity index (χ0) is 17.2. The van der Waals surface area contributed by atoms with Gasteiger partial charge in [-0.15, -0.1) is 0 Å². The lowest BCUT2D eigenvalue weighted by molar-refractivity contribution is -0.133. The SMILES string of the molecule is COc1ccc(-c2noc(CC3CCN(C(=O)C4CC4)CC3)n2)cc1. The number of carbonyl (C=O) groups excluding carboxylic acids is 1. The maximum atomic E-state index is 12.1. The molecule has 0 N–H and O–H groups in total. The van der Waals surface area contributed by atoms with Crippen molar-refractivity contribution in [3.05, 3.63) is 30.2 Å². The van der Waals surface area contributed by atoms with Gasteiger partial charge in [0.15, 0.2) is 0 Å². The Morgan fingerprint density at radius 3 is 2.56 bits per heavy atom. The largest absolute Gasteiger partial charge is 0.497 e. The summed E-state index contributed by atoms with van der Waals surface area (Å²) >= 11 is 0. The van der Waals surface area contributed by atoms with Gasteiger partial charge in [-0.3, -0.25) is 4.79 Å². The molecule has 1 aromatic heterocycles. The third kappa shape index (κ3) is 3.67. The third-order valence-corrected chi connectivity index (χ3v) is 5.13. The maximum Gasteiger partial charge on any atom is 0.227 e. The van der Waals surface area contributed by atoms with Crippen molar-refractivity contribution >= 4 is 5.91 Å². The minimum atomic E-state index is 0.319. The third-order valence-electron chi connectivity index (χ3n) is 5.13. The molecule has 2 heterocycles. The fourth-order valence-corrected chi connectivity index (χ4v) is 3.39. The predicted molar refractivity (Wildman–Crippen MR) is 92.0 cm³/mol. The topological polar surface area (TPSA) is 68.5 Å². The number of piperidine rings is 1. The van der Waals surface area contributed by atoms with Crippen LogP contribution in [-0.4, -0.2) is 41.1 Å². The van der Waals surface area contributed by atoms with Crippen LogP contribution in [0.3, 0.4) is 0 Å². The van der Waals surface area contributed by atoms with Crippen molar-refractivity contribution in [2.45, 2.75) is 32.1 Å². The molecule has 6 heteroatoms. The number of ether oxygens (including phenoxy) is 1. The molecule has 1 amide bonds. The number of rotatable bonds is 5. The standard InChI is InChI=1S/C19H23N3O3/c1-24-16-6-4-14(5-7-16)18-20-17(25-21-18)12-13-8-10-22(11-9-13)19(23)15-2-3-15/h4-7,13,15H,2-3,8-12H2,1H3. The highest BCUT2D eigenvalue weighted by Gasteiger charge is 2.35. The summed E-state index contributed by atoms with van der Waals surface area (Å²) in [5.41, 5.74) is 0.917. The summed E-state index contributed by atoms with van der Waals surface area (Å²) in [5.74, 6) is 3.28. The molecule has 132 valence electrons. The monoisotopic (exact) mass is 341 g/mol. The molecule has 0 bridgehead atoms. The van der Waals surface area contributed by atoms with E-state index < -0.39 is 0 Å². The summed E-state index contributed by atoms with van der Waals surface area (Å²) < 4.78 is 10.6. The van der Waals surface area contributed by atoms with Crippen LogP contribution in [0.5, 0.6) is 5.75 Å². The highest BCUT2D eigenvalue weighted by molar-refractivity contribution is 5.81. The van der Waals surface area contributed by atoms with E-state index in [0.29, 0.717) is 29.5 Å². The lowest BCUT2D eigenvalue weighted by Crippen LogP contribution is -2.39. The van der Waals surface area contributed by atoms with Gasteiger partial charge in [-0.1, -0.05) is 5.16 Å². The summed E-state index contributed by atoms with van der Waals surface area (Å²) in [5, 5.41) is 4.09. The molecule has 1 saturated carbocycles. The van der Waals surface area contributed by atoms with Gasteiger partial charge in [0.2, 0.25) is 17.6 Å². The van der Waals surface area contributed by atoms with Crippen LogP contribution >= 0.6 is 0 Å². The zero-order valence-corrected chi connectivity index (χ0v) is 14.5. The average molecular weight is 341 g/mol. The first-order valence-electron chi connectivity index (χ1n) is 8.98. The van der Waals surface area contributed by atoms with Crippen LogP contribution < -0.4 is 4.74 Å². The number of nitrogens with zero attached hydrogens (tertiary/aromatic N) is 3. The van der Waals surface area contributed by atoms with E-state index in [1.54, 1.807) is 7.11 Å². The molecule has 0 atom stereocenters. The Hall–Kier alpha value is -2.37. The number of hydrogen-bond acceptors (Lipinski definition) is 5. The molecular weight excluding hydrogens is 318 g/mol. The Kier molecular flexibility index (Phi) is 4.42. The van der Waals surface area contributed by atoms with Crippen LogP contribution in [0.15, 0.2) is 28.8 Å². The summed E-state index contributed by atoms with van der Waals surface area (Å²) in [4.78, 5) is 18.7. The van der Waals surface area contributed by atoms with Crippen LogP contribution in [-0.2, 0) is 11.2 Å². The van der Waals surface area contributed by atoms with Gasteiger partial charge in [-0.2, -0.15) is 4.98 Å². The van der Waals surface area contributed by atoms with E-state index in [1.165, 1.54) is 0 Å². The second kappa shape index (κ2) is 6.86. The fourth-order valence-electron chi connectivity index (χ4n) is 3.39. The van der Waals surface area contributed by atoms with Gasteiger partial charge in [0.05, 0.1) is 7.11 Å². The first-order valence-corrected chi connectivity index (χ1v) is 8.98. The first kappa shape index (κ1) is 16.1. The molecule has 6 nitrogen and oxygen atoms in total. The number of aromatic nitrogens is 2. The fraction of sp³-hybridized carbons (Fsp3) is 0.526. The Bertz CT molecular complexity index is 729. The summed E-state index contributed by atoms with van der Waals surface area (Å²) in [6.45, 7) is 1.72. The molecule has 0 spiro atoms. The smallest absolute Gasteiger partial charge is 0.227 e. The molecule has 2 aromatic rings. The molecule has 1 aliphatic heterocycles. The lowest BCUT2D eigenvalue weighted by Gasteiger charge is -2.31. The lowest BCUT2D eigenvalue weighted by atomic mass is 9.93. The van der Waals surface area contributed by atoms with E-state index in [1.807, 2.05) is 29.2 Å². The molecule has 0 radical (unpaired) electrons. The van der Waals surface area contributed by atoms with Crippen molar-refractivity contribution in [1.29, 1.82) is 0 Å². The Morgan fingerprint density at radius 2 is 1.92 bits per heavy atom. The van der Waals surface area contributed by atoms with Gasteiger partial charge >= 0.3 is 0 Å². The normalized spacial score (nSPS) is 18.4. The minimum absolute atomic E-state index is 0.319. The van der Waals surface area contributed by atoms with E-state index in [9.17, 15) is 4.79 Å². The molecular formula is C19H23N3O3. The first-order chi connectivity index (χ1) is 12.2. The van der Waals surface area contributed by atoms with E-state index in [2.05, 4.69) is 10.1 Å². The number of methoxy groups -OCH3 is 1. The van der Waals surface area contributed by atoms with Crippen LogP contribution in [0.2, 0.25) is 0 Å². The van der Waals surface area contributed by atoms with Crippen molar-refractivity contribution in [3.8, 4) is 17.1 Å². The van der Waals surface area contributed by atoms with Gasteiger partial charge < -0.3 is 14.2 Å². The van der Waals surface area contributed by atoms with E-state index in [-0.39, 0.29) is 0 Å². The van der Waals surface area contributed by atoms with Crippen molar-refractivity contribution in [2.75, 3.05) is 20.2 Å². The molecule has 4 rings (SSSR count). The van der Waals surface area contributed by atoms with Crippen LogP contribution in [0.1, 0.15) is 31.6 Å². The van der Waals surface area contributed by atoms with Crippen LogP contribution in [0, 0.1) is 11.8 Å². The molecule has 25 heavy (non-hydrogen) atoms. The van der Waals surface area contributed by atoms with Gasteiger partial charge in [0.1, 0.15) is 5.75 Å². The molecule has 1 aliphatic carbocycles. The summed E-state index contributed by atoms with van der Waals surface area (Å²) in [7, 11) is 1.64. The van der Waals surface area contributed by atoms with E-state index in [4.69, 9.17) is 9.26 Å². The molecule has 2 fully saturated rings. The van der Waals surface area contributed by atoms with Gasteiger partial charge in [0.25, 0.3) is 0 Å². The number of amides is 1. The zero-order valence-electron chi connectivity index (χ0n) is 14.5. The number of carbonyl (C=O) groups is 1. The van der Waals surface area contributed by atoms with Crippen molar-refractivity contribution < 1.29 is 14.1 Å². The van der Waals surface area contributed by atoms with E-state index >= 15 is 0 Å². The average Bonchev–Trinajstić information content (AvgIpc) is 3.41. The van der Waals surface area contributed by atoms with Crippen molar-refractivity contribution in [3.63, 3.8) is 0 Å².